The van der Waals surface area contributed by atoms with Crippen molar-refractivity contribution < 1.29 is 15.0 Å². The Balaban J connectivity index is 2.70. The van der Waals surface area contributed by atoms with E-state index in [2.05, 4.69) is 0 Å². The second kappa shape index (κ2) is 3.39. The number of phenolic OH excluding ortho intramolecular Hbond substituents is 1. The van der Waals surface area contributed by atoms with Gasteiger partial charge in [-0.3, -0.25) is 4.79 Å². The molecule has 0 heterocycles. The topological polar surface area (TPSA) is 57.5 Å². The summed E-state index contributed by atoms with van der Waals surface area (Å²) in [6.07, 6.45) is 1.13. The fourth-order valence-corrected chi connectivity index (χ4v) is 2.40. The number of hydrogen-bond donors (Lipinski definition) is 2. The molecule has 0 amide bonds. The lowest BCUT2D eigenvalue weighted by atomic mass is 9.89. The lowest BCUT2D eigenvalue weighted by Crippen LogP contribution is -2.21. The van der Waals surface area contributed by atoms with Crippen LogP contribution >= 0.6 is 11.6 Å². The van der Waals surface area contributed by atoms with Gasteiger partial charge in [-0.25, -0.2) is 0 Å². The molecular formula is C12H13ClO3. The SMILES string of the molecule is Cc1cc(Cl)c(O)c(C2(C(=O)O)CC2)c1C. The molecule has 1 aromatic carbocycles. The highest BCUT2D eigenvalue weighted by molar-refractivity contribution is 6.32. The lowest BCUT2D eigenvalue weighted by molar-refractivity contribution is -0.140. The number of halogens is 1. The first-order valence-electron chi connectivity index (χ1n) is 5.12. The highest BCUT2D eigenvalue weighted by Gasteiger charge is 2.54. The number of aromatic hydroxyl groups is 1. The summed E-state index contributed by atoms with van der Waals surface area (Å²) in [7, 11) is 0. The normalized spacial score (nSPS) is 17.2. The molecule has 4 heteroatoms. The maximum absolute atomic E-state index is 11.3. The minimum Gasteiger partial charge on any atom is -0.506 e. The molecule has 1 aromatic rings. The largest absolute Gasteiger partial charge is 0.506 e. The number of aliphatic carboxylic acids is 1. The molecule has 1 aliphatic rings. The fourth-order valence-electron chi connectivity index (χ4n) is 2.14. The van der Waals surface area contributed by atoms with Crippen molar-refractivity contribution in [2.24, 2.45) is 0 Å². The van der Waals surface area contributed by atoms with E-state index in [0.29, 0.717) is 18.4 Å². The lowest BCUT2D eigenvalue weighted by Gasteiger charge is -2.18. The van der Waals surface area contributed by atoms with Crippen molar-refractivity contribution >= 4 is 17.6 Å². The van der Waals surface area contributed by atoms with Crippen LogP contribution in [0.5, 0.6) is 5.75 Å². The number of benzene rings is 1. The zero-order valence-corrected chi connectivity index (χ0v) is 9.93. The molecule has 16 heavy (non-hydrogen) atoms. The quantitative estimate of drug-likeness (QED) is 0.836. The van der Waals surface area contributed by atoms with Gasteiger partial charge in [-0.15, -0.1) is 0 Å². The van der Waals surface area contributed by atoms with Gasteiger partial charge in [0.2, 0.25) is 0 Å². The van der Waals surface area contributed by atoms with Crippen LogP contribution in [0.2, 0.25) is 5.02 Å². The molecule has 0 radical (unpaired) electrons. The first-order chi connectivity index (χ1) is 7.40. The van der Waals surface area contributed by atoms with E-state index < -0.39 is 11.4 Å². The van der Waals surface area contributed by atoms with E-state index in [4.69, 9.17) is 11.6 Å². The predicted molar refractivity (Wildman–Crippen MR) is 61.1 cm³/mol. The molecular weight excluding hydrogens is 228 g/mol. The summed E-state index contributed by atoms with van der Waals surface area (Å²) in [5, 5.41) is 19.4. The average Bonchev–Trinajstić information content (AvgIpc) is 2.97. The Labute approximate surface area is 98.7 Å². The van der Waals surface area contributed by atoms with Crippen molar-refractivity contribution in [2.45, 2.75) is 32.1 Å². The van der Waals surface area contributed by atoms with Crippen LogP contribution in [0, 0.1) is 13.8 Å². The van der Waals surface area contributed by atoms with Crippen molar-refractivity contribution in [3.63, 3.8) is 0 Å². The highest BCUT2D eigenvalue weighted by atomic mass is 35.5. The Hall–Kier alpha value is -1.22. The molecule has 1 fully saturated rings. The van der Waals surface area contributed by atoms with Crippen molar-refractivity contribution in [3.8, 4) is 5.75 Å². The summed E-state index contributed by atoms with van der Waals surface area (Å²) in [6, 6.07) is 1.66. The van der Waals surface area contributed by atoms with Gasteiger partial charge >= 0.3 is 5.97 Å². The third-order valence-electron chi connectivity index (χ3n) is 3.41. The van der Waals surface area contributed by atoms with E-state index in [-0.39, 0.29) is 10.8 Å². The van der Waals surface area contributed by atoms with E-state index in [1.807, 2.05) is 13.8 Å². The van der Waals surface area contributed by atoms with E-state index in [9.17, 15) is 15.0 Å². The predicted octanol–water partition coefficient (Wildman–Crippen LogP) is 2.78. The number of carboxylic acids is 1. The maximum Gasteiger partial charge on any atom is 0.314 e. The first-order valence-corrected chi connectivity index (χ1v) is 5.50. The summed E-state index contributed by atoms with van der Waals surface area (Å²) in [5.41, 5.74) is 1.31. The second-order valence-electron chi connectivity index (χ2n) is 4.41. The first kappa shape index (κ1) is 11.3. The van der Waals surface area contributed by atoms with Gasteiger partial charge in [0.1, 0.15) is 5.75 Å². The third kappa shape index (κ3) is 1.39. The van der Waals surface area contributed by atoms with Crippen LogP contribution in [0.3, 0.4) is 0 Å². The molecule has 1 saturated carbocycles. The number of carboxylic acid groups (broad SMARTS) is 1. The monoisotopic (exact) mass is 240 g/mol. The van der Waals surface area contributed by atoms with Crippen molar-refractivity contribution in [2.75, 3.05) is 0 Å². The van der Waals surface area contributed by atoms with Gasteiger partial charge in [0.05, 0.1) is 10.4 Å². The Morgan fingerprint density at radius 1 is 1.44 bits per heavy atom. The Morgan fingerprint density at radius 2 is 2.00 bits per heavy atom. The molecule has 2 rings (SSSR count). The minimum absolute atomic E-state index is 0.0790. The zero-order chi connectivity index (χ0) is 12.1. The number of phenols is 1. The molecule has 1 aliphatic carbocycles. The highest BCUT2D eigenvalue weighted by Crippen LogP contribution is 2.54. The van der Waals surface area contributed by atoms with Crippen LogP contribution in [0.1, 0.15) is 29.5 Å². The molecule has 0 unspecified atom stereocenters. The molecule has 0 aliphatic heterocycles. The standard InChI is InChI=1S/C12H13ClO3/c1-6-5-8(13)10(14)9(7(6)2)12(3-4-12)11(15)16/h5,14H,3-4H2,1-2H3,(H,15,16). The summed E-state index contributed by atoms with van der Waals surface area (Å²) in [4.78, 5) is 11.3. The molecule has 0 aromatic heterocycles. The molecule has 86 valence electrons. The van der Waals surface area contributed by atoms with Gasteiger partial charge in [0.15, 0.2) is 0 Å². The van der Waals surface area contributed by atoms with Crippen LogP contribution in [0.4, 0.5) is 0 Å². The van der Waals surface area contributed by atoms with Crippen LogP contribution < -0.4 is 0 Å². The molecule has 0 bridgehead atoms. The van der Waals surface area contributed by atoms with Gasteiger partial charge in [-0.05, 0) is 43.9 Å². The third-order valence-corrected chi connectivity index (χ3v) is 3.70. The Kier molecular flexibility index (Phi) is 2.39. The van der Waals surface area contributed by atoms with Gasteiger partial charge in [0, 0.05) is 5.56 Å². The van der Waals surface area contributed by atoms with Gasteiger partial charge < -0.3 is 10.2 Å². The van der Waals surface area contributed by atoms with E-state index in [0.717, 1.165) is 11.1 Å². The minimum atomic E-state index is -0.913. The number of aryl methyl sites for hydroxylation is 1. The van der Waals surface area contributed by atoms with Gasteiger partial charge in [-0.2, -0.15) is 0 Å². The van der Waals surface area contributed by atoms with E-state index in [1.165, 1.54) is 0 Å². The van der Waals surface area contributed by atoms with Crippen LogP contribution in [0.15, 0.2) is 6.07 Å². The summed E-state index contributed by atoms with van der Waals surface area (Å²) in [6.45, 7) is 3.69. The van der Waals surface area contributed by atoms with Crippen molar-refractivity contribution in [1.82, 2.24) is 0 Å². The fraction of sp³-hybridized carbons (Fsp3) is 0.417. The summed E-state index contributed by atoms with van der Waals surface area (Å²) >= 11 is 5.89. The summed E-state index contributed by atoms with van der Waals surface area (Å²) in [5.74, 6) is -0.961. The van der Waals surface area contributed by atoms with E-state index in [1.54, 1.807) is 6.07 Å². The van der Waals surface area contributed by atoms with Crippen LogP contribution in [-0.2, 0) is 10.2 Å². The zero-order valence-electron chi connectivity index (χ0n) is 9.17. The van der Waals surface area contributed by atoms with Crippen LogP contribution in [-0.4, -0.2) is 16.2 Å². The van der Waals surface area contributed by atoms with Gasteiger partial charge in [0.25, 0.3) is 0 Å². The molecule has 3 nitrogen and oxygen atoms in total. The van der Waals surface area contributed by atoms with Crippen molar-refractivity contribution in [3.05, 3.63) is 27.8 Å². The molecule has 0 atom stereocenters. The smallest absolute Gasteiger partial charge is 0.314 e. The number of hydrogen-bond acceptors (Lipinski definition) is 2. The number of carbonyl (C=O) groups is 1. The molecule has 2 N–H and O–H groups in total. The van der Waals surface area contributed by atoms with E-state index >= 15 is 0 Å². The summed E-state index contributed by atoms with van der Waals surface area (Å²) < 4.78 is 0. The second-order valence-corrected chi connectivity index (χ2v) is 4.82. The van der Waals surface area contributed by atoms with Crippen LogP contribution in [0.25, 0.3) is 0 Å². The molecule has 0 spiro atoms. The maximum atomic E-state index is 11.3. The Morgan fingerprint density at radius 3 is 2.44 bits per heavy atom. The Bertz CT molecular complexity index is 449. The average molecular weight is 241 g/mol. The molecule has 0 saturated heterocycles. The number of rotatable bonds is 2. The van der Waals surface area contributed by atoms with Crippen molar-refractivity contribution in [1.29, 1.82) is 0 Å². The van der Waals surface area contributed by atoms with Gasteiger partial charge in [-0.1, -0.05) is 11.6 Å².